The van der Waals surface area contributed by atoms with E-state index in [0.717, 1.165) is 18.7 Å². The predicted octanol–water partition coefficient (Wildman–Crippen LogP) is 2.23. The van der Waals surface area contributed by atoms with E-state index >= 15 is 0 Å². The molecule has 0 aliphatic rings. The quantitative estimate of drug-likeness (QED) is 0.703. The van der Waals surface area contributed by atoms with Crippen LogP contribution in [0, 0.1) is 11.3 Å². The van der Waals surface area contributed by atoms with Gasteiger partial charge in [0.2, 0.25) is 0 Å². The highest BCUT2D eigenvalue weighted by Gasteiger charge is 2.05. The molecular weight excluding hydrogens is 164 g/mol. The highest BCUT2D eigenvalue weighted by molar-refractivity contribution is 5.02. The molecule has 0 fully saturated rings. The molecule has 13 heavy (non-hydrogen) atoms. The van der Waals surface area contributed by atoms with Crippen molar-refractivity contribution in [2.24, 2.45) is 0 Å². The van der Waals surface area contributed by atoms with Crippen LogP contribution in [0.15, 0.2) is 22.8 Å². The minimum absolute atomic E-state index is 0.230. The van der Waals surface area contributed by atoms with Gasteiger partial charge in [0.25, 0.3) is 0 Å². The minimum Gasteiger partial charge on any atom is -0.468 e. The van der Waals surface area contributed by atoms with E-state index in [1.165, 1.54) is 0 Å². The number of nitriles is 1. The molecule has 0 aromatic carbocycles. The SMILES string of the molecule is CC(NCCCC#N)c1ccco1. The zero-order chi connectivity index (χ0) is 9.52. The van der Waals surface area contributed by atoms with Gasteiger partial charge in [-0.3, -0.25) is 0 Å². The zero-order valence-electron chi connectivity index (χ0n) is 7.79. The lowest BCUT2D eigenvalue weighted by molar-refractivity contribution is 0.430. The van der Waals surface area contributed by atoms with Gasteiger partial charge < -0.3 is 9.73 Å². The highest BCUT2D eigenvalue weighted by atomic mass is 16.3. The predicted molar refractivity (Wildman–Crippen MR) is 50.0 cm³/mol. The Morgan fingerprint density at radius 3 is 3.15 bits per heavy atom. The summed E-state index contributed by atoms with van der Waals surface area (Å²) in [4.78, 5) is 0. The summed E-state index contributed by atoms with van der Waals surface area (Å²) in [6, 6.07) is 6.17. The van der Waals surface area contributed by atoms with Crippen molar-refractivity contribution in [2.75, 3.05) is 6.54 Å². The third kappa shape index (κ3) is 3.30. The molecule has 1 unspecified atom stereocenters. The van der Waals surface area contributed by atoms with Gasteiger partial charge in [0.05, 0.1) is 18.4 Å². The van der Waals surface area contributed by atoms with Crippen LogP contribution in [-0.2, 0) is 0 Å². The standard InChI is InChI=1S/C10H14N2O/c1-9(10-5-4-8-13-10)12-7-3-2-6-11/h4-5,8-9,12H,2-3,7H2,1H3. The van der Waals surface area contributed by atoms with Gasteiger partial charge in [-0.1, -0.05) is 0 Å². The van der Waals surface area contributed by atoms with Crippen molar-refractivity contribution in [3.8, 4) is 6.07 Å². The van der Waals surface area contributed by atoms with Crippen molar-refractivity contribution < 1.29 is 4.42 Å². The van der Waals surface area contributed by atoms with Crippen LogP contribution in [0.2, 0.25) is 0 Å². The molecule has 0 aliphatic heterocycles. The number of nitrogens with zero attached hydrogens (tertiary/aromatic N) is 1. The summed E-state index contributed by atoms with van der Waals surface area (Å²) in [6.07, 6.45) is 3.17. The lowest BCUT2D eigenvalue weighted by atomic mass is 10.2. The van der Waals surface area contributed by atoms with Crippen LogP contribution in [0.3, 0.4) is 0 Å². The van der Waals surface area contributed by atoms with Gasteiger partial charge in [0, 0.05) is 6.42 Å². The lowest BCUT2D eigenvalue weighted by Crippen LogP contribution is -2.19. The number of unbranched alkanes of at least 4 members (excludes halogenated alkanes) is 1. The van der Waals surface area contributed by atoms with E-state index in [1.54, 1.807) is 6.26 Å². The second-order valence-electron chi connectivity index (χ2n) is 2.95. The van der Waals surface area contributed by atoms with Crippen molar-refractivity contribution >= 4 is 0 Å². The van der Waals surface area contributed by atoms with Crippen LogP contribution in [0.5, 0.6) is 0 Å². The van der Waals surface area contributed by atoms with Crippen molar-refractivity contribution in [3.05, 3.63) is 24.2 Å². The fourth-order valence-electron chi connectivity index (χ4n) is 1.12. The summed E-state index contributed by atoms with van der Waals surface area (Å²) in [5.74, 6) is 0.942. The molecule has 3 nitrogen and oxygen atoms in total. The van der Waals surface area contributed by atoms with Crippen LogP contribution < -0.4 is 5.32 Å². The normalized spacial score (nSPS) is 12.3. The first-order chi connectivity index (χ1) is 6.34. The average Bonchev–Trinajstić information content (AvgIpc) is 2.65. The molecule has 70 valence electrons. The first kappa shape index (κ1) is 9.82. The van der Waals surface area contributed by atoms with E-state index in [1.807, 2.05) is 19.1 Å². The smallest absolute Gasteiger partial charge is 0.120 e. The maximum Gasteiger partial charge on any atom is 0.120 e. The van der Waals surface area contributed by atoms with Gasteiger partial charge in [-0.2, -0.15) is 5.26 Å². The fraction of sp³-hybridized carbons (Fsp3) is 0.500. The van der Waals surface area contributed by atoms with E-state index in [-0.39, 0.29) is 6.04 Å². The van der Waals surface area contributed by atoms with E-state index < -0.39 is 0 Å². The monoisotopic (exact) mass is 178 g/mol. The summed E-state index contributed by atoms with van der Waals surface area (Å²) < 4.78 is 5.22. The summed E-state index contributed by atoms with van der Waals surface area (Å²) in [5, 5.41) is 11.6. The van der Waals surface area contributed by atoms with Gasteiger partial charge in [-0.15, -0.1) is 0 Å². The van der Waals surface area contributed by atoms with Crippen LogP contribution in [0.4, 0.5) is 0 Å². The topological polar surface area (TPSA) is 49.0 Å². The first-order valence-corrected chi connectivity index (χ1v) is 4.48. The molecule has 1 aromatic heterocycles. The maximum atomic E-state index is 8.32. The highest BCUT2D eigenvalue weighted by Crippen LogP contribution is 2.11. The summed E-state index contributed by atoms with van der Waals surface area (Å²) in [5.41, 5.74) is 0. The van der Waals surface area contributed by atoms with E-state index in [4.69, 9.17) is 9.68 Å². The Bertz CT molecular complexity index is 261. The first-order valence-electron chi connectivity index (χ1n) is 4.48. The van der Waals surface area contributed by atoms with Gasteiger partial charge in [-0.05, 0) is 32.0 Å². The van der Waals surface area contributed by atoms with Crippen LogP contribution in [0.1, 0.15) is 31.6 Å². The second-order valence-corrected chi connectivity index (χ2v) is 2.95. The Labute approximate surface area is 78.4 Å². The molecule has 0 radical (unpaired) electrons. The van der Waals surface area contributed by atoms with Gasteiger partial charge in [-0.25, -0.2) is 0 Å². The van der Waals surface area contributed by atoms with Crippen LogP contribution >= 0.6 is 0 Å². The van der Waals surface area contributed by atoms with Gasteiger partial charge in [0.1, 0.15) is 5.76 Å². The van der Waals surface area contributed by atoms with E-state index in [0.29, 0.717) is 6.42 Å². The molecule has 0 amide bonds. The van der Waals surface area contributed by atoms with Crippen molar-refractivity contribution in [1.82, 2.24) is 5.32 Å². The number of nitrogens with one attached hydrogen (secondary N) is 1. The Hall–Kier alpha value is -1.27. The van der Waals surface area contributed by atoms with E-state index in [2.05, 4.69) is 11.4 Å². The summed E-state index contributed by atoms with van der Waals surface area (Å²) in [7, 11) is 0. The molecule has 0 saturated heterocycles. The molecule has 1 atom stereocenters. The third-order valence-corrected chi connectivity index (χ3v) is 1.89. The Balaban J connectivity index is 2.19. The zero-order valence-corrected chi connectivity index (χ0v) is 7.79. The van der Waals surface area contributed by atoms with Crippen molar-refractivity contribution in [2.45, 2.75) is 25.8 Å². The lowest BCUT2D eigenvalue weighted by Gasteiger charge is -2.09. The molecule has 0 saturated carbocycles. The van der Waals surface area contributed by atoms with Crippen molar-refractivity contribution in [3.63, 3.8) is 0 Å². The maximum absolute atomic E-state index is 8.32. The molecule has 3 heteroatoms. The fourth-order valence-corrected chi connectivity index (χ4v) is 1.12. The molecule has 1 N–H and O–H groups in total. The molecule has 1 aromatic rings. The van der Waals surface area contributed by atoms with E-state index in [9.17, 15) is 0 Å². The molecule has 1 rings (SSSR count). The Kier molecular flexibility index (Phi) is 4.07. The van der Waals surface area contributed by atoms with Crippen LogP contribution in [-0.4, -0.2) is 6.54 Å². The molecule has 0 bridgehead atoms. The molecule has 0 aliphatic carbocycles. The number of furan rings is 1. The number of rotatable bonds is 5. The molecule has 0 spiro atoms. The Morgan fingerprint density at radius 1 is 1.69 bits per heavy atom. The van der Waals surface area contributed by atoms with Gasteiger partial charge in [0.15, 0.2) is 0 Å². The van der Waals surface area contributed by atoms with Crippen molar-refractivity contribution in [1.29, 1.82) is 5.26 Å². The number of hydrogen-bond donors (Lipinski definition) is 1. The minimum atomic E-state index is 0.230. The third-order valence-electron chi connectivity index (χ3n) is 1.89. The summed E-state index contributed by atoms with van der Waals surface area (Å²) >= 11 is 0. The largest absolute Gasteiger partial charge is 0.468 e. The van der Waals surface area contributed by atoms with Gasteiger partial charge >= 0.3 is 0 Å². The summed E-state index contributed by atoms with van der Waals surface area (Å²) in [6.45, 7) is 2.90. The molecule has 1 heterocycles. The Morgan fingerprint density at radius 2 is 2.54 bits per heavy atom. The average molecular weight is 178 g/mol. The van der Waals surface area contributed by atoms with Crippen LogP contribution in [0.25, 0.3) is 0 Å². The molecular formula is C10H14N2O. The second kappa shape index (κ2) is 5.39. The number of hydrogen-bond acceptors (Lipinski definition) is 3.